The van der Waals surface area contributed by atoms with E-state index in [-0.39, 0.29) is 12.5 Å². The third kappa shape index (κ3) is 5.80. The van der Waals surface area contributed by atoms with E-state index in [0.29, 0.717) is 18.5 Å². The summed E-state index contributed by atoms with van der Waals surface area (Å²) in [7, 11) is 0. The highest BCUT2D eigenvalue weighted by Gasteiger charge is 2.27. The molecular weight excluding hydrogens is 256 g/mol. The average Bonchev–Trinajstić information content (AvgIpc) is 2.40. The lowest BCUT2D eigenvalue weighted by Crippen LogP contribution is -2.50. The summed E-state index contributed by atoms with van der Waals surface area (Å²) in [5.41, 5.74) is 0. The molecule has 0 saturated carbocycles. The van der Waals surface area contributed by atoms with E-state index in [4.69, 9.17) is 5.11 Å². The Labute approximate surface area is 121 Å². The zero-order chi connectivity index (χ0) is 15.0. The highest BCUT2D eigenvalue weighted by molar-refractivity contribution is 5.74. The maximum absolute atomic E-state index is 12.1. The number of rotatable bonds is 7. The summed E-state index contributed by atoms with van der Waals surface area (Å²) in [6.45, 7) is 5.86. The molecule has 1 heterocycles. The predicted molar refractivity (Wildman–Crippen MR) is 78.7 cm³/mol. The average molecular weight is 284 g/mol. The number of carbonyl (C=O) groups is 2. The van der Waals surface area contributed by atoms with Crippen LogP contribution in [0.4, 0.5) is 4.79 Å². The van der Waals surface area contributed by atoms with Gasteiger partial charge in [0.15, 0.2) is 0 Å². The second kappa shape index (κ2) is 8.82. The highest BCUT2D eigenvalue weighted by Crippen LogP contribution is 2.22. The van der Waals surface area contributed by atoms with Crippen LogP contribution in [0.3, 0.4) is 0 Å². The summed E-state index contributed by atoms with van der Waals surface area (Å²) in [6.07, 6.45) is 6.07. The topological polar surface area (TPSA) is 69.6 Å². The van der Waals surface area contributed by atoms with Crippen LogP contribution in [0.5, 0.6) is 0 Å². The summed E-state index contributed by atoms with van der Waals surface area (Å²) in [6, 6.07) is 0.369. The monoisotopic (exact) mass is 284 g/mol. The van der Waals surface area contributed by atoms with Crippen LogP contribution in [0.2, 0.25) is 0 Å². The fourth-order valence-electron chi connectivity index (χ4n) is 2.67. The molecule has 1 saturated heterocycles. The quantitative estimate of drug-likeness (QED) is 0.706. The molecule has 5 nitrogen and oxygen atoms in total. The van der Waals surface area contributed by atoms with Crippen LogP contribution in [-0.2, 0) is 4.79 Å². The molecule has 2 unspecified atom stereocenters. The van der Waals surface area contributed by atoms with E-state index in [2.05, 4.69) is 19.2 Å². The van der Waals surface area contributed by atoms with E-state index in [1.165, 1.54) is 6.42 Å². The number of nitrogens with zero attached hydrogens (tertiary/aromatic N) is 1. The third-order valence-electron chi connectivity index (χ3n) is 4.23. The van der Waals surface area contributed by atoms with Crippen molar-refractivity contribution in [1.82, 2.24) is 10.2 Å². The van der Waals surface area contributed by atoms with E-state index in [1.807, 2.05) is 4.90 Å². The smallest absolute Gasteiger partial charge is 0.317 e. The van der Waals surface area contributed by atoms with Crippen molar-refractivity contribution >= 4 is 12.0 Å². The molecule has 116 valence electrons. The molecule has 0 aromatic heterocycles. The summed E-state index contributed by atoms with van der Waals surface area (Å²) in [4.78, 5) is 24.4. The van der Waals surface area contributed by atoms with Gasteiger partial charge in [0.05, 0.1) is 0 Å². The van der Waals surface area contributed by atoms with Gasteiger partial charge in [-0.1, -0.05) is 19.8 Å². The van der Waals surface area contributed by atoms with Crippen molar-refractivity contribution in [1.29, 1.82) is 0 Å². The molecule has 1 rings (SSSR count). The molecule has 0 aliphatic carbocycles. The molecule has 1 aliphatic rings. The SMILES string of the molecule is CC1CCCN(C(=O)NCCCCCCC(=O)O)C1C. The summed E-state index contributed by atoms with van der Waals surface area (Å²) in [5.74, 6) is -0.156. The Kier molecular flexibility index (Phi) is 7.41. The van der Waals surface area contributed by atoms with Gasteiger partial charge in [-0.3, -0.25) is 4.79 Å². The van der Waals surface area contributed by atoms with Gasteiger partial charge in [-0.15, -0.1) is 0 Å². The standard InChI is InChI=1S/C15H28N2O3/c1-12-8-7-11-17(13(12)2)15(20)16-10-6-4-3-5-9-14(18)19/h12-13H,3-11H2,1-2H3,(H,16,20)(H,18,19). The van der Waals surface area contributed by atoms with Crippen molar-refractivity contribution in [3.8, 4) is 0 Å². The van der Waals surface area contributed by atoms with Crippen LogP contribution in [0, 0.1) is 5.92 Å². The lowest BCUT2D eigenvalue weighted by molar-refractivity contribution is -0.137. The van der Waals surface area contributed by atoms with Crippen molar-refractivity contribution in [3.05, 3.63) is 0 Å². The number of urea groups is 1. The minimum Gasteiger partial charge on any atom is -0.481 e. The molecule has 2 atom stereocenters. The third-order valence-corrected chi connectivity index (χ3v) is 4.23. The van der Waals surface area contributed by atoms with Gasteiger partial charge in [-0.2, -0.15) is 0 Å². The first-order valence-electron chi connectivity index (χ1n) is 7.78. The van der Waals surface area contributed by atoms with E-state index >= 15 is 0 Å². The van der Waals surface area contributed by atoms with Gasteiger partial charge in [0.1, 0.15) is 0 Å². The fraction of sp³-hybridized carbons (Fsp3) is 0.867. The lowest BCUT2D eigenvalue weighted by Gasteiger charge is -2.37. The Hall–Kier alpha value is -1.26. The number of carboxylic acids is 1. The zero-order valence-corrected chi connectivity index (χ0v) is 12.7. The summed E-state index contributed by atoms with van der Waals surface area (Å²) >= 11 is 0. The Morgan fingerprint density at radius 2 is 1.90 bits per heavy atom. The van der Waals surface area contributed by atoms with Crippen molar-refractivity contribution in [2.45, 2.75) is 64.8 Å². The first-order chi connectivity index (χ1) is 9.52. The van der Waals surface area contributed by atoms with Crippen LogP contribution in [0.1, 0.15) is 58.8 Å². The minimum atomic E-state index is -0.730. The van der Waals surface area contributed by atoms with E-state index in [9.17, 15) is 9.59 Å². The molecule has 2 amide bonds. The Bertz CT molecular complexity index is 320. The van der Waals surface area contributed by atoms with Gasteiger partial charge in [0, 0.05) is 25.6 Å². The van der Waals surface area contributed by atoms with Gasteiger partial charge in [0.25, 0.3) is 0 Å². The largest absolute Gasteiger partial charge is 0.481 e. The van der Waals surface area contributed by atoms with E-state index in [0.717, 1.165) is 38.6 Å². The first kappa shape index (κ1) is 16.8. The maximum atomic E-state index is 12.1. The maximum Gasteiger partial charge on any atom is 0.317 e. The lowest BCUT2D eigenvalue weighted by atomic mass is 9.92. The Balaban J connectivity index is 2.09. The number of amides is 2. The fourth-order valence-corrected chi connectivity index (χ4v) is 2.67. The molecule has 0 bridgehead atoms. The molecule has 20 heavy (non-hydrogen) atoms. The molecule has 0 aromatic carbocycles. The first-order valence-corrected chi connectivity index (χ1v) is 7.78. The van der Waals surface area contributed by atoms with Crippen molar-refractivity contribution < 1.29 is 14.7 Å². The number of carboxylic acid groups (broad SMARTS) is 1. The van der Waals surface area contributed by atoms with Crippen molar-refractivity contribution in [2.75, 3.05) is 13.1 Å². The van der Waals surface area contributed by atoms with Crippen LogP contribution in [0.15, 0.2) is 0 Å². The molecule has 0 aromatic rings. The van der Waals surface area contributed by atoms with Gasteiger partial charge < -0.3 is 15.3 Å². The molecule has 1 aliphatic heterocycles. The van der Waals surface area contributed by atoms with E-state index < -0.39 is 5.97 Å². The number of piperidine rings is 1. The number of likely N-dealkylation sites (tertiary alicyclic amines) is 1. The predicted octanol–water partition coefficient (Wildman–Crippen LogP) is 2.85. The summed E-state index contributed by atoms with van der Waals surface area (Å²) < 4.78 is 0. The van der Waals surface area contributed by atoms with E-state index in [1.54, 1.807) is 0 Å². The number of nitrogens with one attached hydrogen (secondary N) is 1. The number of hydrogen-bond donors (Lipinski definition) is 2. The van der Waals surface area contributed by atoms with Gasteiger partial charge in [0.2, 0.25) is 0 Å². The highest BCUT2D eigenvalue weighted by atomic mass is 16.4. The van der Waals surface area contributed by atoms with Crippen LogP contribution >= 0.6 is 0 Å². The number of hydrogen-bond acceptors (Lipinski definition) is 2. The normalized spacial score (nSPS) is 22.6. The summed E-state index contributed by atoms with van der Waals surface area (Å²) in [5, 5.41) is 11.5. The second-order valence-electron chi connectivity index (χ2n) is 5.84. The molecule has 2 N–H and O–H groups in total. The molecule has 0 spiro atoms. The van der Waals surface area contributed by atoms with Crippen molar-refractivity contribution in [3.63, 3.8) is 0 Å². The zero-order valence-electron chi connectivity index (χ0n) is 12.7. The number of unbranched alkanes of at least 4 members (excludes halogenated alkanes) is 3. The van der Waals surface area contributed by atoms with Gasteiger partial charge in [-0.25, -0.2) is 4.79 Å². The Morgan fingerprint density at radius 3 is 2.60 bits per heavy atom. The second-order valence-corrected chi connectivity index (χ2v) is 5.84. The molecule has 0 radical (unpaired) electrons. The van der Waals surface area contributed by atoms with Crippen LogP contribution in [-0.4, -0.2) is 41.1 Å². The van der Waals surface area contributed by atoms with Gasteiger partial charge >= 0.3 is 12.0 Å². The number of aliphatic carboxylic acids is 1. The van der Waals surface area contributed by atoms with Gasteiger partial charge in [-0.05, 0) is 38.5 Å². The molecule has 1 fully saturated rings. The van der Waals surface area contributed by atoms with Crippen molar-refractivity contribution in [2.24, 2.45) is 5.92 Å². The Morgan fingerprint density at radius 1 is 1.20 bits per heavy atom. The number of carbonyl (C=O) groups excluding carboxylic acids is 1. The molecular formula is C15H28N2O3. The minimum absolute atomic E-state index is 0.0505. The van der Waals surface area contributed by atoms with Crippen LogP contribution in [0.25, 0.3) is 0 Å². The molecule has 5 heteroatoms. The van der Waals surface area contributed by atoms with Crippen LogP contribution < -0.4 is 5.32 Å².